The molecule has 84 valence electrons. The molecule has 5 heteroatoms. The summed E-state index contributed by atoms with van der Waals surface area (Å²) in [5.41, 5.74) is -0.0340. The molecule has 0 atom stereocenters. The highest BCUT2D eigenvalue weighted by Crippen LogP contribution is 2.06. The van der Waals surface area contributed by atoms with Crippen molar-refractivity contribution in [3.63, 3.8) is 0 Å². The van der Waals surface area contributed by atoms with Gasteiger partial charge in [-0.05, 0) is 5.56 Å². The molecule has 0 radical (unpaired) electrons. The number of aromatic nitrogens is 2. The van der Waals surface area contributed by atoms with Gasteiger partial charge in [0.25, 0.3) is 5.56 Å². The van der Waals surface area contributed by atoms with Crippen LogP contribution in [-0.2, 0) is 6.42 Å². The molecular weight excluding hydrogens is 218 g/mol. The Morgan fingerprint density at radius 1 is 1.12 bits per heavy atom. The Kier molecular flexibility index (Phi) is 2.88. The Labute approximate surface area is 96.4 Å². The third kappa shape index (κ3) is 2.32. The van der Waals surface area contributed by atoms with E-state index in [0.29, 0.717) is 12.1 Å². The van der Waals surface area contributed by atoms with Gasteiger partial charge >= 0.3 is 5.69 Å². The van der Waals surface area contributed by atoms with Gasteiger partial charge in [0.2, 0.25) is 0 Å². The second-order valence-electron chi connectivity index (χ2n) is 3.54. The van der Waals surface area contributed by atoms with Crippen LogP contribution >= 0.6 is 0 Å². The quantitative estimate of drug-likeness (QED) is 0.784. The number of hydrogen-bond acceptors (Lipinski definition) is 3. The maximum Gasteiger partial charge on any atom is 0.325 e. The average molecular weight is 227 g/mol. The van der Waals surface area contributed by atoms with Gasteiger partial charge < -0.3 is 4.98 Å². The van der Waals surface area contributed by atoms with E-state index in [9.17, 15) is 9.59 Å². The normalized spacial score (nSPS) is 9.82. The van der Waals surface area contributed by atoms with E-state index < -0.39 is 11.2 Å². The van der Waals surface area contributed by atoms with E-state index in [-0.39, 0.29) is 5.56 Å². The molecule has 0 unspecified atom stereocenters. The SMILES string of the molecule is N#Cc1c(Cc2ccccc2)[nH]c(=O)[nH]c1=O. The molecule has 17 heavy (non-hydrogen) atoms. The van der Waals surface area contributed by atoms with Gasteiger partial charge in [0.05, 0.1) is 0 Å². The lowest BCUT2D eigenvalue weighted by atomic mass is 10.1. The minimum atomic E-state index is -0.651. The molecule has 0 saturated heterocycles. The van der Waals surface area contributed by atoms with Crippen LogP contribution in [0.1, 0.15) is 16.8 Å². The summed E-state index contributed by atoms with van der Waals surface area (Å²) in [5, 5.41) is 8.88. The largest absolute Gasteiger partial charge is 0.325 e. The highest BCUT2D eigenvalue weighted by atomic mass is 16.2. The van der Waals surface area contributed by atoms with Crippen molar-refractivity contribution in [2.75, 3.05) is 0 Å². The fraction of sp³-hybridized carbons (Fsp3) is 0.0833. The monoisotopic (exact) mass is 227 g/mol. The summed E-state index contributed by atoms with van der Waals surface area (Å²) >= 11 is 0. The lowest BCUT2D eigenvalue weighted by Crippen LogP contribution is -2.27. The highest BCUT2D eigenvalue weighted by Gasteiger charge is 2.08. The number of H-pyrrole nitrogens is 2. The van der Waals surface area contributed by atoms with Crippen LogP contribution in [0.4, 0.5) is 0 Å². The number of benzene rings is 1. The molecule has 5 nitrogen and oxygen atoms in total. The topological polar surface area (TPSA) is 89.5 Å². The van der Waals surface area contributed by atoms with Gasteiger partial charge in [-0.3, -0.25) is 9.78 Å². The Morgan fingerprint density at radius 3 is 2.47 bits per heavy atom. The van der Waals surface area contributed by atoms with Gasteiger partial charge in [-0.1, -0.05) is 30.3 Å². The first-order chi connectivity index (χ1) is 8.20. The summed E-state index contributed by atoms with van der Waals surface area (Å²) in [6.45, 7) is 0. The van der Waals surface area contributed by atoms with E-state index in [1.165, 1.54) is 0 Å². The van der Waals surface area contributed by atoms with Crippen molar-refractivity contribution in [1.29, 1.82) is 5.26 Å². The number of nitriles is 1. The van der Waals surface area contributed by atoms with Crippen LogP contribution in [-0.4, -0.2) is 9.97 Å². The summed E-state index contributed by atoms with van der Waals surface area (Å²) in [5.74, 6) is 0. The van der Waals surface area contributed by atoms with E-state index >= 15 is 0 Å². The summed E-state index contributed by atoms with van der Waals surface area (Å²) in [6, 6.07) is 11.1. The molecular formula is C12H9N3O2. The first-order valence-electron chi connectivity index (χ1n) is 5.00. The van der Waals surface area contributed by atoms with Crippen molar-refractivity contribution in [3.05, 3.63) is 68.0 Å². The van der Waals surface area contributed by atoms with Gasteiger partial charge in [0.1, 0.15) is 11.6 Å². The maximum absolute atomic E-state index is 11.4. The van der Waals surface area contributed by atoms with Gasteiger partial charge in [-0.15, -0.1) is 0 Å². The number of nitrogens with zero attached hydrogens (tertiary/aromatic N) is 1. The summed E-state index contributed by atoms with van der Waals surface area (Å²) in [7, 11) is 0. The number of aromatic amines is 2. The molecule has 1 heterocycles. The van der Waals surface area contributed by atoms with Crippen molar-refractivity contribution in [2.24, 2.45) is 0 Å². The first-order valence-corrected chi connectivity index (χ1v) is 5.00. The van der Waals surface area contributed by atoms with Crippen LogP contribution in [0.2, 0.25) is 0 Å². The fourth-order valence-corrected chi connectivity index (χ4v) is 1.58. The molecule has 1 aromatic heterocycles. The highest BCUT2D eigenvalue weighted by molar-refractivity contribution is 5.34. The van der Waals surface area contributed by atoms with Gasteiger partial charge in [0.15, 0.2) is 0 Å². The van der Waals surface area contributed by atoms with Gasteiger partial charge in [0, 0.05) is 12.1 Å². The van der Waals surface area contributed by atoms with Crippen molar-refractivity contribution < 1.29 is 0 Å². The lowest BCUT2D eigenvalue weighted by molar-refractivity contribution is 0.941. The first kappa shape index (κ1) is 10.9. The molecule has 0 saturated carbocycles. The van der Waals surface area contributed by atoms with Crippen molar-refractivity contribution >= 4 is 0 Å². The van der Waals surface area contributed by atoms with E-state index in [2.05, 4.69) is 4.98 Å². The summed E-state index contributed by atoms with van der Waals surface area (Å²) < 4.78 is 0. The van der Waals surface area contributed by atoms with Crippen LogP contribution in [0.25, 0.3) is 0 Å². The van der Waals surface area contributed by atoms with Crippen LogP contribution < -0.4 is 11.2 Å². The zero-order chi connectivity index (χ0) is 12.3. The second-order valence-corrected chi connectivity index (χ2v) is 3.54. The molecule has 2 N–H and O–H groups in total. The van der Waals surface area contributed by atoms with Crippen LogP contribution in [0.15, 0.2) is 39.9 Å². The molecule has 0 spiro atoms. The molecule has 2 rings (SSSR count). The number of rotatable bonds is 2. The van der Waals surface area contributed by atoms with Crippen molar-refractivity contribution in [1.82, 2.24) is 9.97 Å². The minimum absolute atomic E-state index is 0.0477. The Morgan fingerprint density at radius 2 is 1.82 bits per heavy atom. The van der Waals surface area contributed by atoms with Crippen molar-refractivity contribution in [3.8, 4) is 6.07 Å². The summed E-state index contributed by atoms with van der Waals surface area (Å²) in [4.78, 5) is 27.0. The molecule has 0 aliphatic carbocycles. The molecule has 0 amide bonds. The van der Waals surface area contributed by atoms with E-state index in [0.717, 1.165) is 5.56 Å². The molecule has 0 aliphatic heterocycles. The average Bonchev–Trinajstić information content (AvgIpc) is 2.30. The second kappa shape index (κ2) is 4.49. The van der Waals surface area contributed by atoms with Gasteiger partial charge in [-0.25, -0.2) is 4.79 Å². The zero-order valence-corrected chi connectivity index (χ0v) is 8.86. The molecule has 0 aliphatic rings. The van der Waals surface area contributed by atoms with Crippen LogP contribution in [0.3, 0.4) is 0 Å². The lowest BCUT2D eigenvalue weighted by Gasteiger charge is -2.02. The van der Waals surface area contributed by atoms with E-state index in [4.69, 9.17) is 5.26 Å². The molecule has 2 aromatic rings. The van der Waals surface area contributed by atoms with Gasteiger partial charge in [-0.2, -0.15) is 5.26 Å². The fourth-order valence-electron chi connectivity index (χ4n) is 1.58. The maximum atomic E-state index is 11.4. The smallest absolute Gasteiger partial charge is 0.310 e. The number of hydrogen-bond donors (Lipinski definition) is 2. The molecule has 0 bridgehead atoms. The molecule has 0 fully saturated rings. The Hall–Kier alpha value is -2.61. The Bertz CT molecular complexity index is 677. The minimum Gasteiger partial charge on any atom is -0.310 e. The predicted octanol–water partition coefficient (Wildman–Crippen LogP) is 0.526. The standard InChI is InChI=1S/C12H9N3O2/c13-7-9-10(14-12(17)15-11(9)16)6-8-4-2-1-3-5-8/h1-5H,6H2,(H2,14,15,16,17). The number of nitrogens with one attached hydrogen (secondary N) is 2. The van der Waals surface area contributed by atoms with Crippen LogP contribution in [0, 0.1) is 11.3 Å². The van der Waals surface area contributed by atoms with E-state index in [1.807, 2.05) is 35.3 Å². The van der Waals surface area contributed by atoms with Crippen LogP contribution in [0.5, 0.6) is 0 Å². The predicted molar refractivity (Wildman–Crippen MR) is 61.6 cm³/mol. The third-order valence-electron chi connectivity index (χ3n) is 2.36. The zero-order valence-electron chi connectivity index (χ0n) is 8.86. The Balaban J connectivity index is 2.50. The van der Waals surface area contributed by atoms with Crippen molar-refractivity contribution in [2.45, 2.75) is 6.42 Å². The van der Waals surface area contributed by atoms with E-state index in [1.54, 1.807) is 6.07 Å². The summed E-state index contributed by atoms with van der Waals surface area (Å²) in [6.07, 6.45) is 0.350. The third-order valence-corrected chi connectivity index (χ3v) is 2.36. The molecule has 1 aromatic carbocycles.